The van der Waals surface area contributed by atoms with Crippen molar-refractivity contribution in [1.82, 2.24) is 0 Å². The highest BCUT2D eigenvalue weighted by Gasteiger charge is 2.19. The largest absolute Gasteiger partial charge is 0.496 e. The molecule has 0 saturated heterocycles. The highest BCUT2D eigenvalue weighted by atomic mass is 79.9. The first-order valence-corrected chi connectivity index (χ1v) is 6.79. The number of hydrogen-bond donors (Lipinski definition) is 1. The van der Waals surface area contributed by atoms with E-state index in [0.29, 0.717) is 16.0 Å². The van der Waals surface area contributed by atoms with E-state index in [1.54, 1.807) is 26.4 Å². The van der Waals surface area contributed by atoms with Gasteiger partial charge in [-0.1, -0.05) is 12.1 Å². The van der Waals surface area contributed by atoms with E-state index in [2.05, 4.69) is 15.9 Å². The highest BCUT2D eigenvalue weighted by molar-refractivity contribution is 9.10. The molecule has 0 spiro atoms. The molecule has 3 nitrogen and oxygen atoms in total. The van der Waals surface area contributed by atoms with Crippen LogP contribution in [0.15, 0.2) is 40.9 Å². The lowest BCUT2D eigenvalue weighted by molar-refractivity contribution is 0.382. The average Bonchev–Trinajstić information content (AvgIpc) is 2.48. The molecule has 106 valence electrons. The Kier molecular flexibility index (Phi) is 4.62. The number of hydrogen-bond acceptors (Lipinski definition) is 3. The first-order valence-electron chi connectivity index (χ1n) is 6.00. The second kappa shape index (κ2) is 6.24. The van der Waals surface area contributed by atoms with E-state index in [0.717, 1.165) is 11.1 Å². The highest BCUT2D eigenvalue weighted by Crippen LogP contribution is 2.36. The maximum absolute atomic E-state index is 13.3. The molecule has 2 N–H and O–H groups in total. The SMILES string of the molecule is COc1cccc(OC)c1C(N)c1ccc(F)c(Br)c1. The van der Waals surface area contributed by atoms with Crippen LogP contribution in [-0.2, 0) is 0 Å². The summed E-state index contributed by atoms with van der Waals surface area (Å²) in [5.74, 6) is 0.947. The number of benzene rings is 2. The molecule has 0 saturated carbocycles. The van der Waals surface area contributed by atoms with Gasteiger partial charge in [0.15, 0.2) is 0 Å². The van der Waals surface area contributed by atoms with Crippen LogP contribution in [-0.4, -0.2) is 14.2 Å². The van der Waals surface area contributed by atoms with Crippen LogP contribution in [0.2, 0.25) is 0 Å². The minimum absolute atomic E-state index is 0.326. The van der Waals surface area contributed by atoms with Crippen molar-refractivity contribution in [2.24, 2.45) is 5.73 Å². The van der Waals surface area contributed by atoms with Gasteiger partial charge >= 0.3 is 0 Å². The zero-order valence-electron chi connectivity index (χ0n) is 11.2. The molecule has 0 fully saturated rings. The van der Waals surface area contributed by atoms with Crippen LogP contribution >= 0.6 is 15.9 Å². The van der Waals surface area contributed by atoms with Crippen LogP contribution in [0.1, 0.15) is 17.2 Å². The molecule has 0 aliphatic carbocycles. The summed E-state index contributed by atoms with van der Waals surface area (Å²) in [6.07, 6.45) is 0. The molecule has 20 heavy (non-hydrogen) atoms. The van der Waals surface area contributed by atoms with Crippen molar-refractivity contribution in [2.75, 3.05) is 14.2 Å². The average molecular weight is 340 g/mol. The second-order valence-corrected chi connectivity index (χ2v) is 5.08. The van der Waals surface area contributed by atoms with Crippen molar-refractivity contribution in [3.63, 3.8) is 0 Å². The number of methoxy groups -OCH3 is 2. The van der Waals surface area contributed by atoms with E-state index in [4.69, 9.17) is 15.2 Å². The molecular weight excluding hydrogens is 325 g/mol. The number of ether oxygens (including phenoxy) is 2. The topological polar surface area (TPSA) is 44.5 Å². The molecule has 0 bridgehead atoms. The first-order chi connectivity index (χ1) is 9.58. The van der Waals surface area contributed by atoms with Gasteiger partial charge in [-0.05, 0) is 45.8 Å². The fourth-order valence-corrected chi connectivity index (χ4v) is 2.46. The van der Waals surface area contributed by atoms with E-state index in [-0.39, 0.29) is 5.82 Å². The Hall–Kier alpha value is -1.59. The van der Waals surface area contributed by atoms with Gasteiger partial charge < -0.3 is 15.2 Å². The fourth-order valence-electron chi connectivity index (χ4n) is 2.06. The summed E-state index contributed by atoms with van der Waals surface area (Å²) in [4.78, 5) is 0. The van der Waals surface area contributed by atoms with Crippen molar-refractivity contribution in [1.29, 1.82) is 0 Å². The Balaban J connectivity index is 2.51. The van der Waals surface area contributed by atoms with Gasteiger partial charge in [-0.3, -0.25) is 0 Å². The van der Waals surface area contributed by atoms with Crippen molar-refractivity contribution >= 4 is 15.9 Å². The summed E-state index contributed by atoms with van der Waals surface area (Å²) < 4.78 is 24.4. The smallest absolute Gasteiger partial charge is 0.137 e. The van der Waals surface area contributed by atoms with Gasteiger partial charge in [0.2, 0.25) is 0 Å². The third-order valence-corrected chi connectivity index (χ3v) is 3.69. The second-order valence-electron chi connectivity index (χ2n) is 4.23. The fraction of sp³-hybridized carbons (Fsp3) is 0.200. The summed E-state index contributed by atoms with van der Waals surface area (Å²) in [5, 5.41) is 0. The predicted octanol–water partition coefficient (Wildman–Crippen LogP) is 3.65. The van der Waals surface area contributed by atoms with Gasteiger partial charge in [0, 0.05) is 0 Å². The van der Waals surface area contributed by atoms with Crippen LogP contribution in [0, 0.1) is 5.82 Å². The molecule has 2 rings (SSSR count). The third kappa shape index (κ3) is 2.78. The molecule has 0 aliphatic rings. The lowest BCUT2D eigenvalue weighted by atomic mass is 9.97. The number of rotatable bonds is 4. The Morgan fingerprint density at radius 2 is 1.70 bits per heavy atom. The van der Waals surface area contributed by atoms with E-state index < -0.39 is 6.04 Å². The molecule has 0 aliphatic heterocycles. The van der Waals surface area contributed by atoms with Crippen molar-refractivity contribution in [3.8, 4) is 11.5 Å². The molecule has 2 aromatic carbocycles. The van der Waals surface area contributed by atoms with Gasteiger partial charge in [-0.2, -0.15) is 0 Å². The van der Waals surface area contributed by atoms with Crippen LogP contribution in [0.5, 0.6) is 11.5 Å². The molecular formula is C15H15BrFNO2. The number of halogens is 2. The van der Waals surface area contributed by atoms with Gasteiger partial charge in [0.05, 0.1) is 30.3 Å². The van der Waals surface area contributed by atoms with Crippen LogP contribution < -0.4 is 15.2 Å². The minimum atomic E-state index is -0.474. The van der Waals surface area contributed by atoms with E-state index in [1.165, 1.54) is 6.07 Å². The van der Waals surface area contributed by atoms with Crippen molar-refractivity contribution in [2.45, 2.75) is 6.04 Å². The summed E-state index contributed by atoms with van der Waals surface area (Å²) in [6.45, 7) is 0. The van der Waals surface area contributed by atoms with Crippen molar-refractivity contribution < 1.29 is 13.9 Å². The molecule has 0 heterocycles. The lowest BCUT2D eigenvalue weighted by Gasteiger charge is -2.19. The molecule has 2 aromatic rings. The Bertz CT molecular complexity index is 597. The predicted molar refractivity (Wildman–Crippen MR) is 79.7 cm³/mol. The van der Waals surface area contributed by atoms with Crippen LogP contribution in [0.3, 0.4) is 0 Å². The standard InChI is InChI=1S/C15H15BrFNO2/c1-19-12-4-3-5-13(20-2)14(12)15(18)9-6-7-11(17)10(16)8-9/h3-8,15H,18H2,1-2H3. The van der Waals surface area contributed by atoms with Gasteiger partial charge in [-0.25, -0.2) is 4.39 Å². The van der Waals surface area contributed by atoms with Crippen LogP contribution in [0.4, 0.5) is 4.39 Å². The lowest BCUT2D eigenvalue weighted by Crippen LogP contribution is -2.14. The van der Waals surface area contributed by atoms with Crippen LogP contribution in [0.25, 0.3) is 0 Å². The molecule has 0 aromatic heterocycles. The van der Waals surface area contributed by atoms with Gasteiger partial charge in [-0.15, -0.1) is 0 Å². The van der Waals surface area contributed by atoms with E-state index in [1.807, 2.05) is 18.2 Å². The maximum atomic E-state index is 13.3. The summed E-state index contributed by atoms with van der Waals surface area (Å²) in [6, 6.07) is 9.67. The normalized spacial score (nSPS) is 12.1. The Morgan fingerprint density at radius 1 is 1.10 bits per heavy atom. The van der Waals surface area contributed by atoms with E-state index in [9.17, 15) is 4.39 Å². The first kappa shape index (κ1) is 14.8. The third-order valence-electron chi connectivity index (χ3n) is 3.08. The monoisotopic (exact) mass is 339 g/mol. The molecule has 0 amide bonds. The van der Waals surface area contributed by atoms with Gasteiger partial charge in [0.25, 0.3) is 0 Å². The molecule has 1 unspecified atom stereocenters. The zero-order valence-corrected chi connectivity index (χ0v) is 12.8. The number of nitrogens with two attached hydrogens (primary N) is 1. The Labute approximate surface area is 125 Å². The molecule has 0 radical (unpaired) electrons. The Morgan fingerprint density at radius 3 is 2.20 bits per heavy atom. The summed E-state index contributed by atoms with van der Waals surface area (Å²) in [5.41, 5.74) is 7.78. The minimum Gasteiger partial charge on any atom is -0.496 e. The van der Waals surface area contributed by atoms with E-state index >= 15 is 0 Å². The van der Waals surface area contributed by atoms with Gasteiger partial charge in [0.1, 0.15) is 17.3 Å². The summed E-state index contributed by atoms with van der Waals surface area (Å²) in [7, 11) is 3.15. The molecule has 5 heteroatoms. The zero-order chi connectivity index (χ0) is 14.7. The summed E-state index contributed by atoms with van der Waals surface area (Å²) >= 11 is 3.17. The van der Waals surface area contributed by atoms with Crippen molar-refractivity contribution in [3.05, 3.63) is 57.8 Å². The molecule has 1 atom stereocenters. The quantitative estimate of drug-likeness (QED) is 0.924. The maximum Gasteiger partial charge on any atom is 0.137 e.